The van der Waals surface area contributed by atoms with E-state index in [1.807, 2.05) is 0 Å². The van der Waals surface area contributed by atoms with E-state index in [-0.39, 0.29) is 16.3 Å². The Kier molecular flexibility index (Phi) is 4.31. The van der Waals surface area contributed by atoms with Crippen LogP contribution >= 0.6 is 0 Å². The van der Waals surface area contributed by atoms with E-state index in [0.29, 0.717) is 0 Å². The molecule has 0 saturated heterocycles. The molecule has 0 fully saturated rings. The SMILES string of the molecule is CN(C)S(=O)(=O)c1ccc(NCC(F)(F)F)c(N)c1. The van der Waals surface area contributed by atoms with E-state index in [1.165, 1.54) is 26.2 Å². The molecule has 1 aromatic rings. The van der Waals surface area contributed by atoms with Crippen LogP contribution in [-0.2, 0) is 10.0 Å². The van der Waals surface area contributed by atoms with Crippen molar-refractivity contribution in [1.82, 2.24) is 4.31 Å². The van der Waals surface area contributed by atoms with Crippen molar-refractivity contribution in [2.75, 3.05) is 31.7 Å². The van der Waals surface area contributed by atoms with Crippen LogP contribution in [0.5, 0.6) is 0 Å². The summed E-state index contributed by atoms with van der Waals surface area (Å²) in [7, 11) is -0.959. The van der Waals surface area contributed by atoms with Crippen molar-refractivity contribution in [3.63, 3.8) is 0 Å². The van der Waals surface area contributed by atoms with E-state index < -0.39 is 22.7 Å². The Hall–Kier alpha value is -1.48. The number of hydrogen-bond donors (Lipinski definition) is 2. The van der Waals surface area contributed by atoms with Crippen molar-refractivity contribution >= 4 is 21.4 Å². The molecule has 0 aliphatic heterocycles. The first-order valence-electron chi connectivity index (χ1n) is 5.17. The summed E-state index contributed by atoms with van der Waals surface area (Å²) in [6, 6.07) is 3.52. The van der Waals surface area contributed by atoms with Crippen molar-refractivity contribution < 1.29 is 21.6 Å². The summed E-state index contributed by atoms with van der Waals surface area (Å²) >= 11 is 0. The highest BCUT2D eigenvalue weighted by atomic mass is 32.2. The summed E-state index contributed by atoms with van der Waals surface area (Å²) < 4.78 is 60.7. The Labute approximate surface area is 109 Å². The zero-order valence-electron chi connectivity index (χ0n) is 10.3. The molecule has 0 radical (unpaired) electrons. The Morgan fingerprint density at radius 1 is 1.32 bits per heavy atom. The van der Waals surface area contributed by atoms with Gasteiger partial charge in [-0.3, -0.25) is 0 Å². The zero-order valence-corrected chi connectivity index (χ0v) is 11.1. The first kappa shape index (κ1) is 15.6. The van der Waals surface area contributed by atoms with Crippen LogP contribution in [-0.4, -0.2) is 39.5 Å². The van der Waals surface area contributed by atoms with Gasteiger partial charge in [-0.25, -0.2) is 12.7 Å². The average molecular weight is 297 g/mol. The molecule has 9 heteroatoms. The summed E-state index contributed by atoms with van der Waals surface area (Å²) in [6.07, 6.45) is -4.37. The van der Waals surface area contributed by atoms with Gasteiger partial charge in [0.2, 0.25) is 10.0 Å². The van der Waals surface area contributed by atoms with E-state index in [1.54, 1.807) is 0 Å². The van der Waals surface area contributed by atoms with Crippen LogP contribution in [0.4, 0.5) is 24.5 Å². The molecule has 0 heterocycles. The fourth-order valence-electron chi connectivity index (χ4n) is 1.27. The summed E-state index contributed by atoms with van der Waals surface area (Å²) in [5.74, 6) is 0. The highest BCUT2D eigenvalue weighted by molar-refractivity contribution is 7.89. The van der Waals surface area contributed by atoms with Crippen molar-refractivity contribution in [3.05, 3.63) is 18.2 Å². The number of nitrogens with one attached hydrogen (secondary N) is 1. The summed E-state index contributed by atoms with van der Waals surface area (Å²) in [4.78, 5) is -0.0763. The van der Waals surface area contributed by atoms with Gasteiger partial charge >= 0.3 is 6.18 Å². The highest BCUT2D eigenvalue weighted by Crippen LogP contribution is 2.25. The van der Waals surface area contributed by atoms with Gasteiger partial charge in [0.1, 0.15) is 6.54 Å². The normalized spacial score (nSPS) is 12.7. The van der Waals surface area contributed by atoms with E-state index in [2.05, 4.69) is 5.32 Å². The second kappa shape index (κ2) is 5.25. The van der Waals surface area contributed by atoms with Gasteiger partial charge in [-0.2, -0.15) is 13.2 Å². The molecule has 0 aliphatic carbocycles. The van der Waals surface area contributed by atoms with Gasteiger partial charge in [-0.05, 0) is 18.2 Å². The lowest BCUT2D eigenvalue weighted by Crippen LogP contribution is -2.23. The largest absolute Gasteiger partial charge is 0.405 e. The number of benzene rings is 1. The predicted molar refractivity (Wildman–Crippen MR) is 66.3 cm³/mol. The molecular formula is C10H14F3N3O2S. The van der Waals surface area contributed by atoms with Gasteiger partial charge in [-0.15, -0.1) is 0 Å². The quantitative estimate of drug-likeness (QED) is 0.826. The maximum Gasteiger partial charge on any atom is 0.405 e. The standard InChI is InChI=1S/C10H14F3N3O2S/c1-16(2)19(17,18)7-3-4-9(8(14)5-7)15-6-10(11,12)13/h3-5,15H,6,14H2,1-2H3. The fraction of sp³-hybridized carbons (Fsp3) is 0.400. The van der Waals surface area contributed by atoms with E-state index in [9.17, 15) is 21.6 Å². The third-order valence-electron chi connectivity index (χ3n) is 2.28. The van der Waals surface area contributed by atoms with Crippen LogP contribution in [0.3, 0.4) is 0 Å². The van der Waals surface area contributed by atoms with Gasteiger partial charge < -0.3 is 11.1 Å². The third-order valence-corrected chi connectivity index (χ3v) is 4.09. The number of hydrogen-bond acceptors (Lipinski definition) is 4. The predicted octanol–water partition coefficient (Wildman–Crippen LogP) is 1.49. The van der Waals surface area contributed by atoms with Crippen LogP contribution in [0, 0.1) is 0 Å². The molecule has 0 unspecified atom stereocenters. The van der Waals surface area contributed by atoms with Crippen LogP contribution in [0.1, 0.15) is 0 Å². The lowest BCUT2D eigenvalue weighted by Gasteiger charge is -2.15. The number of nitrogens with two attached hydrogens (primary N) is 1. The molecule has 1 rings (SSSR count). The maximum atomic E-state index is 12.0. The molecule has 19 heavy (non-hydrogen) atoms. The number of rotatable bonds is 4. The Bertz CT molecular complexity index is 556. The number of nitrogens with zero attached hydrogens (tertiary/aromatic N) is 1. The first-order chi connectivity index (χ1) is 8.54. The minimum Gasteiger partial charge on any atom is -0.397 e. The first-order valence-corrected chi connectivity index (χ1v) is 6.61. The van der Waals surface area contributed by atoms with E-state index in [0.717, 1.165) is 10.4 Å². The number of nitrogen functional groups attached to an aromatic ring is 1. The molecule has 0 saturated carbocycles. The minimum atomic E-state index is -4.37. The lowest BCUT2D eigenvalue weighted by atomic mass is 10.2. The zero-order chi connectivity index (χ0) is 14.8. The van der Waals surface area contributed by atoms with Crippen LogP contribution in [0.15, 0.2) is 23.1 Å². The number of sulfonamides is 1. The molecule has 5 nitrogen and oxygen atoms in total. The topological polar surface area (TPSA) is 75.4 Å². The second-order valence-electron chi connectivity index (χ2n) is 4.01. The van der Waals surface area contributed by atoms with Crippen molar-refractivity contribution in [3.8, 4) is 0 Å². The summed E-state index contributed by atoms with van der Waals surface area (Å²) in [6.45, 7) is -1.24. The van der Waals surface area contributed by atoms with E-state index >= 15 is 0 Å². The number of halogens is 3. The average Bonchev–Trinajstić information content (AvgIpc) is 2.25. The molecule has 0 atom stereocenters. The van der Waals surface area contributed by atoms with Gasteiger partial charge in [0.15, 0.2) is 0 Å². The molecule has 1 aromatic carbocycles. The Balaban J connectivity index is 2.99. The smallest absolute Gasteiger partial charge is 0.397 e. The number of alkyl halides is 3. The molecule has 0 spiro atoms. The van der Waals surface area contributed by atoms with Crippen molar-refractivity contribution in [2.45, 2.75) is 11.1 Å². The number of anilines is 2. The van der Waals surface area contributed by atoms with Gasteiger partial charge in [0.25, 0.3) is 0 Å². The molecular weight excluding hydrogens is 283 g/mol. The Morgan fingerprint density at radius 2 is 1.89 bits per heavy atom. The highest BCUT2D eigenvalue weighted by Gasteiger charge is 2.27. The Morgan fingerprint density at radius 3 is 2.32 bits per heavy atom. The van der Waals surface area contributed by atoms with Gasteiger partial charge in [0, 0.05) is 14.1 Å². The van der Waals surface area contributed by atoms with Crippen LogP contribution in [0.2, 0.25) is 0 Å². The monoisotopic (exact) mass is 297 g/mol. The molecule has 0 amide bonds. The second-order valence-corrected chi connectivity index (χ2v) is 6.16. The van der Waals surface area contributed by atoms with E-state index in [4.69, 9.17) is 5.73 Å². The van der Waals surface area contributed by atoms with Crippen molar-refractivity contribution in [2.24, 2.45) is 0 Å². The van der Waals surface area contributed by atoms with Gasteiger partial charge in [0.05, 0.1) is 16.3 Å². The van der Waals surface area contributed by atoms with Crippen LogP contribution in [0.25, 0.3) is 0 Å². The lowest BCUT2D eigenvalue weighted by molar-refractivity contribution is -0.115. The summed E-state index contributed by atoms with van der Waals surface area (Å²) in [5, 5.41) is 2.10. The molecule has 108 valence electrons. The molecule has 0 aromatic heterocycles. The molecule has 0 aliphatic rings. The van der Waals surface area contributed by atoms with Gasteiger partial charge in [-0.1, -0.05) is 0 Å². The van der Waals surface area contributed by atoms with Crippen molar-refractivity contribution in [1.29, 1.82) is 0 Å². The minimum absolute atomic E-state index is 0.0371. The fourth-order valence-corrected chi connectivity index (χ4v) is 2.21. The molecule has 0 bridgehead atoms. The maximum absolute atomic E-state index is 12.0. The third kappa shape index (κ3) is 4.00. The summed E-state index contributed by atoms with van der Waals surface area (Å²) in [5.41, 5.74) is 5.51. The van der Waals surface area contributed by atoms with Crippen LogP contribution < -0.4 is 11.1 Å². The molecule has 3 N–H and O–H groups in total.